The van der Waals surface area contributed by atoms with Crippen LogP contribution in [0.1, 0.15) is 64.7 Å². The highest BCUT2D eigenvalue weighted by Gasteiger charge is 2.08. The molecule has 0 amide bonds. The van der Waals surface area contributed by atoms with Gasteiger partial charge in [0.15, 0.2) is 0 Å². The molecule has 0 heterocycles. The number of nitrogens with zero attached hydrogens (tertiary/aromatic N) is 2. The maximum atomic E-state index is 5.99. The first kappa shape index (κ1) is 19.6. The molecule has 4 nitrogen and oxygen atoms in total. The Morgan fingerprint density at radius 1 is 1.05 bits per heavy atom. The Balaban J connectivity index is 3.34. The third-order valence-electron chi connectivity index (χ3n) is 3.69. The van der Waals surface area contributed by atoms with Crippen molar-refractivity contribution >= 4 is 6.72 Å². The summed E-state index contributed by atoms with van der Waals surface area (Å²) in [5, 5.41) is 5.00. The van der Waals surface area contributed by atoms with Gasteiger partial charge in [-0.3, -0.25) is 10.8 Å². The first-order valence-electron chi connectivity index (χ1n) is 8.34. The summed E-state index contributed by atoms with van der Waals surface area (Å²) >= 11 is 0. The molecule has 3 N–H and O–H groups in total. The molecule has 1 unspecified atom stereocenters. The maximum Gasteiger partial charge on any atom is 0.0757 e. The summed E-state index contributed by atoms with van der Waals surface area (Å²) in [6.45, 7) is 8.48. The average molecular weight is 284 g/mol. The minimum atomic E-state index is 0.198. The van der Waals surface area contributed by atoms with Gasteiger partial charge in [-0.2, -0.15) is 0 Å². The number of aliphatic imine (C=N–C) groups is 1. The summed E-state index contributed by atoms with van der Waals surface area (Å²) in [6, 6.07) is 0.198. The Bertz CT molecular complexity index is 209. The largest absolute Gasteiger partial charge is 0.318 e. The Hall–Kier alpha value is -0.450. The molecule has 0 aromatic carbocycles. The molecule has 0 bridgehead atoms. The van der Waals surface area contributed by atoms with Crippen LogP contribution in [0.15, 0.2) is 4.99 Å². The topological polar surface area (TPSA) is 53.7 Å². The summed E-state index contributed by atoms with van der Waals surface area (Å²) in [6.07, 6.45) is 12.2. The van der Waals surface area contributed by atoms with Crippen LogP contribution >= 0.6 is 0 Å². The van der Waals surface area contributed by atoms with Crippen molar-refractivity contribution < 1.29 is 0 Å². The second-order valence-corrected chi connectivity index (χ2v) is 5.72. The highest BCUT2D eigenvalue weighted by atomic mass is 15.4. The highest BCUT2D eigenvalue weighted by molar-refractivity contribution is 5.24. The van der Waals surface area contributed by atoms with Gasteiger partial charge in [-0.1, -0.05) is 58.3 Å². The second kappa shape index (κ2) is 14.9. The third-order valence-corrected chi connectivity index (χ3v) is 3.69. The molecule has 4 heteroatoms. The molecule has 0 aliphatic heterocycles. The van der Waals surface area contributed by atoms with Crippen molar-refractivity contribution in [1.29, 1.82) is 0 Å². The molecule has 0 aliphatic rings. The van der Waals surface area contributed by atoms with E-state index in [1.165, 1.54) is 57.8 Å². The number of hydrogen-bond acceptors (Lipinski definition) is 4. The molecular formula is C16H36N4. The number of likely N-dealkylation sites (N-methyl/N-ethyl adjacent to an activating group) is 1. The van der Waals surface area contributed by atoms with Crippen LogP contribution in [0.3, 0.4) is 0 Å². The number of unbranched alkanes of at least 4 members (excludes halogenated alkanes) is 8. The van der Waals surface area contributed by atoms with Crippen LogP contribution in [0.25, 0.3) is 0 Å². The lowest BCUT2D eigenvalue weighted by Crippen LogP contribution is -2.41. The smallest absolute Gasteiger partial charge is 0.0757 e. The van der Waals surface area contributed by atoms with E-state index in [1.807, 2.05) is 12.1 Å². The first-order chi connectivity index (χ1) is 9.74. The van der Waals surface area contributed by atoms with Gasteiger partial charge in [-0.05, 0) is 20.2 Å². The van der Waals surface area contributed by atoms with Gasteiger partial charge in [0, 0.05) is 19.6 Å². The van der Waals surface area contributed by atoms with Crippen LogP contribution in [0.5, 0.6) is 0 Å². The molecule has 0 fully saturated rings. The van der Waals surface area contributed by atoms with E-state index < -0.39 is 0 Å². The predicted octanol–water partition coefficient (Wildman–Crippen LogP) is 2.98. The van der Waals surface area contributed by atoms with E-state index in [9.17, 15) is 0 Å². The molecule has 0 radical (unpaired) electrons. The van der Waals surface area contributed by atoms with Crippen LogP contribution < -0.4 is 11.2 Å². The molecule has 0 aromatic heterocycles. The molecule has 20 heavy (non-hydrogen) atoms. The van der Waals surface area contributed by atoms with Gasteiger partial charge in [-0.25, -0.2) is 5.01 Å². The number of nitrogens with two attached hydrogens (primary N) is 1. The molecule has 0 rings (SSSR count). The van der Waals surface area contributed by atoms with Gasteiger partial charge in [0.25, 0.3) is 0 Å². The first-order valence-corrected chi connectivity index (χ1v) is 8.34. The number of rotatable bonds is 15. The molecule has 120 valence electrons. The number of nitrogens with one attached hydrogen (secondary N) is 1. The van der Waals surface area contributed by atoms with Gasteiger partial charge in [0.1, 0.15) is 0 Å². The summed E-state index contributed by atoms with van der Waals surface area (Å²) in [7, 11) is 1.93. The number of hydrogen-bond donors (Lipinski definition) is 2. The van der Waals surface area contributed by atoms with Crippen molar-refractivity contribution in [2.75, 3.05) is 26.7 Å². The van der Waals surface area contributed by atoms with Crippen molar-refractivity contribution in [1.82, 2.24) is 10.3 Å². The highest BCUT2D eigenvalue weighted by Crippen LogP contribution is 2.09. The summed E-state index contributed by atoms with van der Waals surface area (Å²) in [4.78, 5) is 4.08. The van der Waals surface area contributed by atoms with Gasteiger partial charge in [0.05, 0.1) is 6.04 Å². The predicted molar refractivity (Wildman–Crippen MR) is 90.3 cm³/mol. The second-order valence-electron chi connectivity index (χ2n) is 5.72. The SMILES string of the molecule is C=NC(CNC)CN(N)CCCCCCCCCCC. The third kappa shape index (κ3) is 12.6. The lowest BCUT2D eigenvalue weighted by atomic mass is 10.1. The summed E-state index contributed by atoms with van der Waals surface area (Å²) in [5.74, 6) is 5.99. The van der Waals surface area contributed by atoms with Gasteiger partial charge < -0.3 is 5.32 Å². The Morgan fingerprint density at radius 2 is 1.60 bits per heavy atom. The van der Waals surface area contributed by atoms with Crippen LogP contribution in [0.2, 0.25) is 0 Å². The van der Waals surface area contributed by atoms with Gasteiger partial charge >= 0.3 is 0 Å². The molecule has 0 aliphatic carbocycles. The molecule has 0 saturated carbocycles. The van der Waals surface area contributed by atoms with E-state index >= 15 is 0 Å². The van der Waals surface area contributed by atoms with Crippen molar-refractivity contribution in [3.63, 3.8) is 0 Å². The van der Waals surface area contributed by atoms with Crippen molar-refractivity contribution in [2.45, 2.75) is 70.8 Å². The zero-order chi connectivity index (χ0) is 15.1. The molecular weight excluding hydrogens is 248 g/mol. The fraction of sp³-hybridized carbons (Fsp3) is 0.938. The van der Waals surface area contributed by atoms with E-state index in [0.717, 1.165) is 19.6 Å². The van der Waals surface area contributed by atoms with Crippen LogP contribution in [-0.2, 0) is 0 Å². The van der Waals surface area contributed by atoms with Gasteiger partial charge in [0.2, 0.25) is 0 Å². The Labute approximate surface area is 126 Å². The van der Waals surface area contributed by atoms with E-state index in [-0.39, 0.29) is 6.04 Å². The average Bonchev–Trinajstić information content (AvgIpc) is 2.45. The molecule has 0 aromatic rings. The minimum absolute atomic E-state index is 0.198. The normalized spacial score (nSPS) is 12.8. The Kier molecular flexibility index (Phi) is 14.6. The standard InChI is InChI=1S/C16H36N4/c1-4-5-6-7-8-9-10-11-12-13-20(17)15-16(19-3)14-18-2/h16,18H,3-15,17H2,1-2H3. The lowest BCUT2D eigenvalue weighted by Gasteiger charge is -2.20. The van der Waals surface area contributed by atoms with Gasteiger partial charge in [-0.15, -0.1) is 0 Å². The number of hydrazine groups is 1. The van der Waals surface area contributed by atoms with Crippen LogP contribution in [-0.4, -0.2) is 44.5 Å². The fourth-order valence-corrected chi connectivity index (χ4v) is 2.41. The fourth-order valence-electron chi connectivity index (χ4n) is 2.41. The monoisotopic (exact) mass is 284 g/mol. The van der Waals surface area contributed by atoms with Crippen molar-refractivity contribution in [3.05, 3.63) is 0 Å². The van der Waals surface area contributed by atoms with Crippen LogP contribution in [0.4, 0.5) is 0 Å². The van der Waals surface area contributed by atoms with E-state index in [0.29, 0.717) is 0 Å². The van der Waals surface area contributed by atoms with E-state index in [4.69, 9.17) is 5.84 Å². The van der Waals surface area contributed by atoms with Crippen molar-refractivity contribution in [2.24, 2.45) is 10.8 Å². The van der Waals surface area contributed by atoms with Crippen molar-refractivity contribution in [3.8, 4) is 0 Å². The van der Waals surface area contributed by atoms with E-state index in [1.54, 1.807) is 0 Å². The quantitative estimate of drug-likeness (QED) is 0.210. The Morgan fingerprint density at radius 3 is 2.10 bits per heavy atom. The maximum absolute atomic E-state index is 5.99. The van der Waals surface area contributed by atoms with E-state index in [2.05, 4.69) is 24.0 Å². The summed E-state index contributed by atoms with van der Waals surface area (Å²) in [5.41, 5.74) is 0. The lowest BCUT2D eigenvalue weighted by molar-refractivity contribution is 0.257. The molecule has 1 atom stereocenters. The molecule has 0 spiro atoms. The zero-order valence-electron chi connectivity index (χ0n) is 13.7. The van der Waals surface area contributed by atoms with Crippen LogP contribution in [0, 0.1) is 0 Å². The summed E-state index contributed by atoms with van der Waals surface area (Å²) < 4.78 is 0. The minimum Gasteiger partial charge on any atom is -0.318 e. The molecule has 0 saturated heterocycles. The zero-order valence-corrected chi connectivity index (χ0v) is 13.7.